The van der Waals surface area contributed by atoms with Crippen molar-refractivity contribution in [3.8, 4) is 23.0 Å². The molecule has 114 valence electrons. The minimum absolute atomic E-state index is 0.0641. The fraction of sp³-hybridized carbons (Fsp3) is 0. The molecule has 0 aliphatic heterocycles. The van der Waals surface area contributed by atoms with E-state index >= 15 is 0 Å². The number of hydrogen-bond acceptors (Lipinski definition) is 6. The molecule has 0 atom stereocenters. The fourth-order valence-electron chi connectivity index (χ4n) is 1.81. The molecule has 2 aromatic carbocycles. The molecule has 8 N–H and O–H groups in total. The Hall–Kier alpha value is -3.28. The van der Waals surface area contributed by atoms with Gasteiger partial charge in [-0.2, -0.15) is 0 Å². The van der Waals surface area contributed by atoms with Gasteiger partial charge in [0, 0.05) is 23.3 Å². The normalized spacial score (nSPS) is 12.4. The van der Waals surface area contributed by atoms with E-state index < -0.39 is 0 Å². The van der Waals surface area contributed by atoms with Gasteiger partial charge >= 0.3 is 0 Å². The third kappa shape index (κ3) is 3.43. The van der Waals surface area contributed by atoms with E-state index in [1.165, 1.54) is 48.6 Å². The van der Waals surface area contributed by atoms with Gasteiger partial charge in [-0.1, -0.05) is 0 Å². The van der Waals surface area contributed by atoms with Crippen LogP contribution in [0.15, 0.2) is 47.8 Å². The summed E-state index contributed by atoms with van der Waals surface area (Å²) in [6, 6.07) is 8.16. The lowest BCUT2D eigenvalue weighted by Crippen LogP contribution is -2.08. The Morgan fingerprint density at radius 3 is 1.36 bits per heavy atom. The van der Waals surface area contributed by atoms with Crippen LogP contribution in [-0.4, -0.2) is 20.4 Å². The second-order valence-electron chi connectivity index (χ2n) is 4.69. The number of phenolic OH excluding ortho intramolecular Hbond substituents is 4. The molecule has 0 aromatic heterocycles. The molecular weight excluding hydrogens is 284 g/mol. The summed E-state index contributed by atoms with van der Waals surface area (Å²) in [5.74, 6) is -0.400. The van der Waals surface area contributed by atoms with Gasteiger partial charge in [0.15, 0.2) is 0 Å². The summed E-state index contributed by atoms with van der Waals surface area (Å²) in [5.41, 5.74) is 12.8. The standard InChI is InChI=1S/C16H16N2O4/c17-13(5-9-1-3-11(19)7-15(9)21)14(18)6-10-2-4-12(20)8-16(10)22/h1-8,19-22H,17-18H2/b13-5-,14-6-. The Morgan fingerprint density at radius 1 is 0.682 bits per heavy atom. The molecule has 0 fully saturated rings. The predicted molar refractivity (Wildman–Crippen MR) is 83.9 cm³/mol. The molecule has 0 bridgehead atoms. The molecule has 0 unspecified atom stereocenters. The molecule has 0 saturated heterocycles. The third-order valence-corrected chi connectivity index (χ3v) is 2.98. The highest BCUT2D eigenvalue weighted by Crippen LogP contribution is 2.26. The van der Waals surface area contributed by atoms with Crippen LogP contribution in [0, 0.1) is 0 Å². The van der Waals surface area contributed by atoms with Crippen molar-refractivity contribution in [1.82, 2.24) is 0 Å². The number of nitrogens with two attached hydrogens (primary N) is 2. The van der Waals surface area contributed by atoms with E-state index in [2.05, 4.69) is 0 Å². The largest absolute Gasteiger partial charge is 0.508 e. The van der Waals surface area contributed by atoms with E-state index in [4.69, 9.17) is 11.5 Å². The first-order chi connectivity index (χ1) is 10.4. The molecular formula is C16H16N2O4. The van der Waals surface area contributed by atoms with Crippen LogP contribution in [0.25, 0.3) is 12.2 Å². The minimum Gasteiger partial charge on any atom is -0.508 e. The van der Waals surface area contributed by atoms with Crippen LogP contribution in [0.2, 0.25) is 0 Å². The van der Waals surface area contributed by atoms with Crippen LogP contribution in [-0.2, 0) is 0 Å². The second-order valence-corrected chi connectivity index (χ2v) is 4.69. The van der Waals surface area contributed by atoms with E-state index in [9.17, 15) is 20.4 Å². The molecule has 0 heterocycles. The van der Waals surface area contributed by atoms with Crippen LogP contribution in [0.1, 0.15) is 11.1 Å². The lowest BCUT2D eigenvalue weighted by molar-refractivity contribution is 0.448. The van der Waals surface area contributed by atoms with Crippen molar-refractivity contribution in [2.24, 2.45) is 11.5 Å². The lowest BCUT2D eigenvalue weighted by Gasteiger charge is -2.06. The first-order valence-corrected chi connectivity index (χ1v) is 6.35. The molecule has 0 aliphatic rings. The van der Waals surface area contributed by atoms with Gasteiger partial charge in [0.2, 0.25) is 0 Å². The molecule has 2 rings (SSSR count). The minimum atomic E-state index is -0.136. The van der Waals surface area contributed by atoms with Crippen LogP contribution < -0.4 is 11.5 Å². The summed E-state index contributed by atoms with van der Waals surface area (Å²) in [6.07, 6.45) is 2.89. The molecule has 0 saturated carbocycles. The van der Waals surface area contributed by atoms with Crippen molar-refractivity contribution in [3.63, 3.8) is 0 Å². The summed E-state index contributed by atoms with van der Waals surface area (Å²) >= 11 is 0. The zero-order valence-corrected chi connectivity index (χ0v) is 11.6. The Balaban J connectivity index is 2.33. The Morgan fingerprint density at radius 2 is 1.05 bits per heavy atom. The Kier molecular flexibility index (Phi) is 4.13. The molecule has 6 nitrogen and oxygen atoms in total. The lowest BCUT2D eigenvalue weighted by atomic mass is 10.1. The van der Waals surface area contributed by atoms with Gasteiger partial charge in [-0.15, -0.1) is 0 Å². The molecule has 0 spiro atoms. The van der Waals surface area contributed by atoms with E-state index in [0.717, 1.165) is 0 Å². The highest BCUT2D eigenvalue weighted by atomic mass is 16.3. The molecule has 0 amide bonds. The first-order valence-electron chi connectivity index (χ1n) is 6.35. The zero-order chi connectivity index (χ0) is 16.3. The Bertz CT molecular complexity index is 701. The van der Waals surface area contributed by atoms with Gasteiger partial charge in [-0.25, -0.2) is 0 Å². The third-order valence-electron chi connectivity index (χ3n) is 2.98. The fourth-order valence-corrected chi connectivity index (χ4v) is 1.81. The average Bonchev–Trinajstić information content (AvgIpc) is 2.44. The van der Waals surface area contributed by atoms with Crippen molar-refractivity contribution < 1.29 is 20.4 Å². The summed E-state index contributed by atoms with van der Waals surface area (Å²) in [4.78, 5) is 0. The summed E-state index contributed by atoms with van der Waals surface area (Å²) < 4.78 is 0. The van der Waals surface area contributed by atoms with Gasteiger partial charge in [-0.3, -0.25) is 0 Å². The van der Waals surface area contributed by atoms with Gasteiger partial charge in [0.05, 0.1) is 11.4 Å². The maximum absolute atomic E-state index is 9.70. The van der Waals surface area contributed by atoms with Gasteiger partial charge < -0.3 is 31.9 Å². The molecule has 22 heavy (non-hydrogen) atoms. The van der Waals surface area contributed by atoms with Crippen LogP contribution >= 0.6 is 0 Å². The summed E-state index contributed by atoms with van der Waals surface area (Å²) in [6.45, 7) is 0. The molecule has 2 aromatic rings. The Labute approximate surface area is 126 Å². The van der Waals surface area contributed by atoms with Crippen LogP contribution in [0.3, 0.4) is 0 Å². The number of phenols is 4. The number of benzene rings is 2. The monoisotopic (exact) mass is 300 g/mol. The number of rotatable bonds is 3. The smallest absolute Gasteiger partial charge is 0.126 e. The summed E-state index contributed by atoms with van der Waals surface area (Å²) in [7, 11) is 0. The van der Waals surface area contributed by atoms with Crippen molar-refractivity contribution in [2.75, 3.05) is 0 Å². The van der Waals surface area contributed by atoms with Crippen LogP contribution in [0.5, 0.6) is 23.0 Å². The highest BCUT2D eigenvalue weighted by Gasteiger charge is 2.05. The predicted octanol–water partition coefficient (Wildman–Crippen LogP) is 1.81. The van der Waals surface area contributed by atoms with E-state index in [1.54, 1.807) is 0 Å². The highest BCUT2D eigenvalue weighted by molar-refractivity contribution is 5.69. The molecule has 0 aliphatic carbocycles. The molecule has 6 heteroatoms. The first kappa shape index (κ1) is 15.1. The van der Waals surface area contributed by atoms with Gasteiger partial charge in [-0.05, 0) is 36.4 Å². The summed E-state index contributed by atoms with van der Waals surface area (Å²) in [5, 5.41) is 37.9. The number of hydrogen-bond donors (Lipinski definition) is 6. The van der Waals surface area contributed by atoms with Crippen molar-refractivity contribution in [1.29, 1.82) is 0 Å². The average molecular weight is 300 g/mol. The maximum atomic E-state index is 9.70. The zero-order valence-electron chi connectivity index (χ0n) is 11.6. The van der Waals surface area contributed by atoms with E-state index in [-0.39, 0.29) is 34.4 Å². The van der Waals surface area contributed by atoms with Crippen LogP contribution in [0.4, 0.5) is 0 Å². The van der Waals surface area contributed by atoms with Gasteiger partial charge in [0.25, 0.3) is 0 Å². The van der Waals surface area contributed by atoms with E-state index in [1.807, 2.05) is 0 Å². The second kappa shape index (κ2) is 6.01. The van der Waals surface area contributed by atoms with Crippen molar-refractivity contribution >= 4 is 12.2 Å². The number of aromatic hydroxyl groups is 4. The SMILES string of the molecule is NC(=C\c1ccc(O)cc1O)/C(N)=C/c1ccc(O)cc1O. The maximum Gasteiger partial charge on any atom is 0.126 e. The van der Waals surface area contributed by atoms with Crippen molar-refractivity contribution in [3.05, 3.63) is 58.9 Å². The van der Waals surface area contributed by atoms with Gasteiger partial charge in [0.1, 0.15) is 23.0 Å². The van der Waals surface area contributed by atoms with Crippen molar-refractivity contribution in [2.45, 2.75) is 0 Å². The topological polar surface area (TPSA) is 133 Å². The van der Waals surface area contributed by atoms with E-state index in [0.29, 0.717) is 11.1 Å². The quantitative estimate of drug-likeness (QED) is 0.479. The molecule has 0 radical (unpaired) electrons.